The number of nitrogens with one attached hydrogen (secondary N) is 2. The maximum absolute atomic E-state index is 5.44. The Morgan fingerprint density at radius 2 is 2.08 bits per heavy atom. The predicted octanol–water partition coefficient (Wildman–Crippen LogP) is 1.87. The molecule has 0 spiro atoms. The SMILES string of the molecule is CCOc1cc(CNC(=NC)NCC(C)(C)N2CCOCC2)ccn1.I. The van der Waals surface area contributed by atoms with Crippen LogP contribution >= 0.6 is 24.0 Å². The van der Waals surface area contributed by atoms with Gasteiger partial charge in [-0.15, -0.1) is 24.0 Å². The average molecular weight is 477 g/mol. The Morgan fingerprint density at radius 1 is 1.35 bits per heavy atom. The van der Waals surface area contributed by atoms with Crippen LogP contribution in [-0.4, -0.2) is 67.9 Å². The van der Waals surface area contributed by atoms with Crippen molar-refractivity contribution >= 4 is 29.9 Å². The highest BCUT2D eigenvalue weighted by Crippen LogP contribution is 2.15. The first kappa shape index (κ1) is 22.9. The molecular formula is C18H32IN5O2. The summed E-state index contributed by atoms with van der Waals surface area (Å²) in [6.45, 7) is 12.1. The van der Waals surface area contributed by atoms with Crippen LogP contribution in [0.4, 0.5) is 0 Å². The van der Waals surface area contributed by atoms with Crippen molar-refractivity contribution in [3.63, 3.8) is 0 Å². The maximum Gasteiger partial charge on any atom is 0.213 e. The molecule has 0 unspecified atom stereocenters. The van der Waals surface area contributed by atoms with E-state index in [2.05, 4.69) is 39.4 Å². The Bertz CT molecular complexity index is 562. The lowest BCUT2D eigenvalue weighted by Gasteiger charge is -2.41. The van der Waals surface area contributed by atoms with Gasteiger partial charge in [-0.25, -0.2) is 4.98 Å². The first-order valence-electron chi connectivity index (χ1n) is 8.90. The molecule has 0 radical (unpaired) electrons. The van der Waals surface area contributed by atoms with Gasteiger partial charge in [0.05, 0.1) is 19.8 Å². The molecule has 0 saturated carbocycles. The van der Waals surface area contributed by atoms with Crippen molar-refractivity contribution in [3.05, 3.63) is 23.9 Å². The van der Waals surface area contributed by atoms with Crippen molar-refractivity contribution < 1.29 is 9.47 Å². The van der Waals surface area contributed by atoms with E-state index >= 15 is 0 Å². The molecule has 2 heterocycles. The molecule has 0 bridgehead atoms. The highest BCUT2D eigenvalue weighted by atomic mass is 127. The fraction of sp³-hybridized carbons (Fsp3) is 0.667. The topological polar surface area (TPSA) is 71.0 Å². The van der Waals surface area contributed by atoms with E-state index in [4.69, 9.17) is 9.47 Å². The second-order valence-corrected chi connectivity index (χ2v) is 6.63. The molecule has 148 valence electrons. The highest BCUT2D eigenvalue weighted by molar-refractivity contribution is 14.0. The zero-order valence-corrected chi connectivity index (χ0v) is 18.6. The van der Waals surface area contributed by atoms with E-state index in [1.807, 2.05) is 19.1 Å². The number of hydrogen-bond donors (Lipinski definition) is 2. The molecule has 0 aromatic carbocycles. The van der Waals surface area contributed by atoms with Gasteiger partial charge in [-0.3, -0.25) is 9.89 Å². The van der Waals surface area contributed by atoms with Gasteiger partial charge >= 0.3 is 0 Å². The Morgan fingerprint density at radius 3 is 2.73 bits per heavy atom. The third kappa shape index (κ3) is 7.24. The summed E-state index contributed by atoms with van der Waals surface area (Å²) >= 11 is 0. The van der Waals surface area contributed by atoms with Crippen molar-refractivity contribution in [2.75, 3.05) is 46.5 Å². The number of ether oxygens (including phenoxy) is 2. The third-order valence-electron chi connectivity index (χ3n) is 4.33. The quantitative estimate of drug-likeness (QED) is 0.355. The first-order chi connectivity index (χ1) is 12.0. The van der Waals surface area contributed by atoms with E-state index in [1.54, 1.807) is 13.2 Å². The molecule has 1 aliphatic heterocycles. The maximum atomic E-state index is 5.44. The standard InChI is InChI=1S/C18H31N5O2.HI/c1-5-25-16-12-15(6-7-20-16)13-21-17(19-4)22-14-18(2,3)23-8-10-24-11-9-23;/h6-7,12H,5,8-11,13-14H2,1-4H3,(H2,19,21,22);1H. The van der Waals surface area contributed by atoms with Crippen LogP contribution in [0.2, 0.25) is 0 Å². The summed E-state index contributed by atoms with van der Waals surface area (Å²) in [5.74, 6) is 1.44. The number of morpholine rings is 1. The number of aliphatic imine (C=N–C) groups is 1. The van der Waals surface area contributed by atoms with Gasteiger partial charge in [-0.2, -0.15) is 0 Å². The predicted molar refractivity (Wildman–Crippen MR) is 115 cm³/mol. The number of rotatable bonds is 7. The van der Waals surface area contributed by atoms with E-state index in [-0.39, 0.29) is 29.5 Å². The van der Waals surface area contributed by atoms with Crippen molar-refractivity contribution in [1.82, 2.24) is 20.5 Å². The monoisotopic (exact) mass is 477 g/mol. The largest absolute Gasteiger partial charge is 0.478 e. The molecule has 0 atom stereocenters. The summed E-state index contributed by atoms with van der Waals surface area (Å²) in [5, 5.41) is 6.77. The minimum absolute atomic E-state index is 0. The van der Waals surface area contributed by atoms with E-state index in [0.29, 0.717) is 19.0 Å². The van der Waals surface area contributed by atoms with Crippen LogP contribution in [0.3, 0.4) is 0 Å². The van der Waals surface area contributed by atoms with Crippen LogP contribution in [0.5, 0.6) is 5.88 Å². The summed E-state index contributed by atoms with van der Waals surface area (Å²) < 4.78 is 10.9. The van der Waals surface area contributed by atoms with Gasteiger partial charge in [0.2, 0.25) is 5.88 Å². The lowest BCUT2D eigenvalue weighted by atomic mass is 10.0. The summed E-state index contributed by atoms with van der Waals surface area (Å²) in [4.78, 5) is 11.0. The molecular weight excluding hydrogens is 445 g/mol. The Balaban J connectivity index is 0.00000338. The van der Waals surface area contributed by atoms with Crippen molar-refractivity contribution in [2.24, 2.45) is 4.99 Å². The molecule has 2 N–H and O–H groups in total. The molecule has 0 amide bonds. The summed E-state index contributed by atoms with van der Waals surface area (Å²) in [6.07, 6.45) is 1.76. The summed E-state index contributed by atoms with van der Waals surface area (Å²) in [6, 6.07) is 3.92. The molecule has 8 heteroatoms. The zero-order valence-electron chi connectivity index (χ0n) is 16.2. The van der Waals surface area contributed by atoms with Gasteiger partial charge in [-0.1, -0.05) is 0 Å². The molecule has 1 aromatic rings. The summed E-state index contributed by atoms with van der Waals surface area (Å²) in [7, 11) is 1.79. The zero-order chi connectivity index (χ0) is 18.1. The minimum atomic E-state index is 0. The fourth-order valence-electron chi connectivity index (χ4n) is 2.77. The lowest BCUT2D eigenvalue weighted by Crippen LogP contribution is -2.56. The first-order valence-corrected chi connectivity index (χ1v) is 8.90. The number of pyridine rings is 1. The number of nitrogens with zero attached hydrogens (tertiary/aromatic N) is 3. The van der Waals surface area contributed by atoms with Gasteiger partial charge in [0.1, 0.15) is 0 Å². The van der Waals surface area contributed by atoms with Crippen LogP contribution in [0.1, 0.15) is 26.3 Å². The molecule has 1 saturated heterocycles. The van der Waals surface area contributed by atoms with E-state index in [9.17, 15) is 0 Å². The molecule has 1 aliphatic rings. The van der Waals surface area contributed by atoms with E-state index in [0.717, 1.165) is 44.4 Å². The lowest BCUT2D eigenvalue weighted by molar-refractivity contribution is -0.00834. The average Bonchev–Trinajstić information content (AvgIpc) is 2.63. The van der Waals surface area contributed by atoms with Gasteiger partial charge in [0.25, 0.3) is 0 Å². The number of halogens is 1. The Kier molecular flexibility index (Phi) is 10.2. The van der Waals surface area contributed by atoms with Gasteiger partial charge in [-0.05, 0) is 32.4 Å². The van der Waals surface area contributed by atoms with Crippen LogP contribution in [0.25, 0.3) is 0 Å². The number of aromatic nitrogens is 1. The van der Waals surface area contributed by atoms with Crippen molar-refractivity contribution in [2.45, 2.75) is 32.9 Å². The molecule has 1 fully saturated rings. The fourth-order valence-corrected chi connectivity index (χ4v) is 2.77. The van der Waals surface area contributed by atoms with Crippen molar-refractivity contribution in [1.29, 1.82) is 0 Å². The molecule has 7 nitrogen and oxygen atoms in total. The highest BCUT2D eigenvalue weighted by Gasteiger charge is 2.28. The molecule has 26 heavy (non-hydrogen) atoms. The second kappa shape index (κ2) is 11.6. The smallest absolute Gasteiger partial charge is 0.213 e. The molecule has 0 aliphatic carbocycles. The Labute approximate surface area is 174 Å². The van der Waals surface area contributed by atoms with E-state index in [1.165, 1.54) is 0 Å². The minimum Gasteiger partial charge on any atom is -0.478 e. The van der Waals surface area contributed by atoms with Crippen LogP contribution in [0.15, 0.2) is 23.3 Å². The third-order valence-corrected chi connectivity index (χ3v) is 4.33. The summed E-state index contributed by atoms with van der Waals surface area (Å²) in [5.41, 5.74) is 1.15. The van der Waals surface area contributed by atoms with Crippen LogP contribution in [-0.2, 0) is 11.3 Å². The molecule has 1 aromatic heterocycles. The van der Waals surface area contributed by atoms with Crippen LogP contribution < -0.4 is 15.4 Å². The second-order valence-electron chi connectivity index (χ2n) is 6.63. The van der Waals surface area contributed by atoms with Gasteiger partial charge in [0.15, 0.2) is 5.96 Å². The molecule has 2 rings (SSSR count). The van der Waals surface area contributed by atoms with Gasteiger partial charge < -0.3 is 20.1 Å². The number of guanidine groups is 1. The van der Waals surface area contributed by atoms with Crippen molar-refractivity contribution in [3.8, 4) is 5.88 Å². The number of hydrogen-bond acceptors (Lipinski definition) is 5. The Hall–Kier alpha value is -1.13. The van der Waals surface area contributed by atoms with Gasteiger partial charge in [0, 0.05) is 51.0 Å². The van der Waals surface area contributed by atoms with E-state index < -0.39 is 0 Å². The normalized spacial score (nSPS) is 15.9. The van der Waals surface area contributed by atoms with Crippen LogP contribution in [0, 0.1) is 0 Å².